The van der Waals surface area contributed by atoms with E-state index in [9.17, 15) is 9.59 Å². The number of likely N-dealkylation sites (tertiary alicyclic amines) is 1. The SMILES string of the molecule is CN[C@@H](C)C(=O)NC(C(=O)N1CCCC1c1nc(-c2ccc(Cl)cc2Cl)cs1)C1CCCCC1. The van der Waals surface area contributed by atoms with Gasteiger partial charge >= 0.3 is 0 Å². The van der Waals surface area contributed by atoms with Crippen LogP contribution in [0.1, 0.15) is 62.9 Å². The maximum atomic E-state index is 13.9. The monoisotopic (exact) mass is 522 g/mol. The number of halogens is 2. The van der Waals surface area contributed by atoms with Crippen molar-refractivity contribution in [3.63, 3.8) is 0 Å². The summed E-state index contributed by atoms with van der Waals surface area (Å²) in [4.78, 5) is 33.4. The van der Waals surface area contributed by atoms with Crippen LogP contribution in [0.4, 0.5) is 0 Å². The van der Waals surface area contributed by atoms with Gasteiger partial charge in [0, 0.05) is 22.5 Å². The molecule has 9 heteroatoms. The van der Waals surface area contributed by atoms with Crippen LogP contribution in [0.25, 0.3) is 11.3 Å². The van der Waals surface area contributed by atoms with Crippen molar-refractivity contribution >= 4 is 46.4 Å². The highest BCUT2D eigenvalue weighted by molar-refractivity contribution is 7.10. The highest BCUT2D eigenvalue weighted by Gasteiger charge is 2.40. The number of hydrogen-bond acceptors (Lipinski definition) is 5. The molecule has 1 aromatic heterocycles. The van der Waals surface area contributed by atoms with Crippen molar-refractivity contribution < 1.29 is 9.59 Å². The molecular weight excluding hydrogens is 491 g/mol. The van der Waals surface area contributed by atoms with Gasteiger partial charge in [0.15, 0.2) is 0 Å². The lowest BCUT2D eigenvalue weighted by Gasteiger charge is -2.35. The van der Waals surface area contributed by atoms with Gasteiger partial charge in [-0.15, -0.1) is 11.3 Å². The van der Waals surface area contributed by atoms with Crippen molar-refractivity contribution in [1.82, 2.24) is 20.5 Å². The van der Waals surface area contributed by atoms with Crippen LogP contribution < -0.4 is 10.6 Å². The van der Waals surface area contributed by atoms with Crippen LogP contribution in [-0.4, -0.2) is 47.4 Å². The van der Waals surface area contributed by atoms with Gasteiger partial charge in [-0.05, 0) is 63.8 Å². The molecule has 4 rings (SSSR count). The van der Waals surface area contributed by atoms with Crippen LogP contribution in [0.15, 0.2) is 23.6 Å². The first-order valence-electron chi connectivity index (χ1n) is 12.1. The topological polar surface area (TPSA) is 74.3 Å². The fourth-order valence-corrected chi connectivity index (χ4v) is 6.46. The lowest BCUT2D eigenvalue weighted by molar-refractivity contribution is -0.139. The smallest absolute Gasteiger partial charge is 0.246 e. The number of rotatable bonds is 7. The van der Waals surface area contributed by atoms with E-state index < -0.39 is 6.04 Å². The van der Waals surface area contributed by atoms with Gasteiger partial charge in [-0.25, -0.2) is 4.98 Å². The molecule has 0 spiro atoms. The van der Waals surface area contributed by atoms with E-state index in [0.29, 0.717) is 16.6 Å². The standard InChI is InChI=1S/C25H32Cl2N4O2S/c1-15(28-2)23(32)30-22(16-7-4-3-5-8-16)25(33)31-12-6-9-21(31)24-29-20(14-34-24)18-11-10-17(26)13-19(18)27/h10-11,13-16,21-22,28H,3-9,12H2,1-2H3,(H,30,32)/t15-,21?,22?/m0/s1. The molecule has 2 aliphatic rings. The number of nitrogens with zero attached hydrogens (tertiary/aromatic N) is 2. The van der Waals surface area contributed by atoms with Gasteiger partial charge in [0.1, 0.15) is 11.0 Å². The van der Waals surface area contributed by atoms with Gasteiger partial charge in [0.05, 0.1) is 22.8 Å². The molecule has 2 heterocycles. The quantitative estimate of drug-likeness (QED) is 0.506. The predicted molar refractivity (Wildman–Crippen MR) is 138 cm³/mol. The Bertz CT molecular complexity index is 1020. The van der Waals surface area contributed by atoms with Crippen LogP contribution in [0.5, 0.6) is 0 Å². The zero-order chi connectivity index (χ0) is 24.2. The van der Waals surface area contributed by atoms with Gasteiger partial charge in [-0.1, -0.05) is 42.5 Å². The van der Waals surface area contributed by atoms with E-state index in [0.717, 1.165) is 54.8 Å². The number of aromatic nitrogens is 1. The Morgan fingerprint density at radius 1 is 1.15 bits per heavy atom. The Labute approximate surface area is 215 Å². The largest absolute Gasteiger partial charge is 0.343 e. The van der Waals surface area contributed by atoms with E-state index in [-0.39, 0.29) is 29.8 Å². The molecule has 0 bridgehead atoms. The second-order valence-electron chi connectivity index (χ2n) is 9.28. The minimum atomic E-state index is -0.491. The maximum Gasteiger partial charge on any atom is 0.246 e. The summed E-state index contributed by atoms with van der Waals surface area (Å²) in [6, 6.07) is 4.47. The molecule has 1 aliphatic heterocycles. The first-order valence-corrected chi connectivity index (χ1v) is 13.7. The minimum absolute atomic E-state index is 0.0207. The van der Waals surface area contributed by atoms with Gasteiger partial charge in [-0.2, -0.15) is 0 Å². The predicted octanol–water partition coefficient (Wildman–Crippen LogP) is 5.45. The van der Waals surface area contributed by atoms with E-state index in [4.69, 9.17) is 28.2 Å². The lowest BCUT2D eigenvalue weighted by Crippen LogP contribution is -2.55. The number of thiazole rings is 1. The third-order valence-electron chi connectivity index (χ3n) is 7.06. The average Bonchev–Trinajstić information content (AvgIpc) is 3.52. The van der Waals surface area contributed by atoms with E-state index in [1.165, 1.54) is 6.42 Å². The zero-order valence-corrected chi connectivity index (χ0v) is 22.0. The molecule has 34 heavy (non-hydrogen) atoms. The summed E-state index contributed by atoms with van der Waals surface area (Å²) in [7, 11) is 1.76. The van der Waals surface area contributed by atoms with Crippen molar-refractivity contribution in [2.24, 2.45) is 5.92 Å². The number of carbonyl (C=O) groups is 2. The molecule has 0 radical (unpaired) electrons. The fraction of sp³-hybridized carbons (Fsp3) is 0.560. The Balaban J connectivity index is 1.56. The Morgan fingerprint density at radius 2 is 1.91 bits per heavy atom. The zero-order valence-electron chi connectivity index (χ0n) is 19.7. The summed E-state index contributed by atoms with van der Waals surface area (Å²) >= 11 is 14.0. The Kier molecular flexibility index (Phi) is 8.51. The molecule has 2 fully saturated rings. The maximum absolute atomic E-state index is 13.9. The van der Waals surface area contributed by atoms with E-state index in [2.05, 4.69) is 10.6 Å². The number of likely N-dealkylation sites (N-methyl/N-ethyl adjacent to an activating group) is 1. The second-order valence-corrected chi connectivity index (χ2v) is 11.0. The summed E-state index contributed by atoms with van der Waals surface area (Å²) in [5, 5.41) is 10.1. The molecule has 1 saturated carbocycles. The molecule has 6 nitrogen and oxygen atoms in total. The third-order valence-corrected chi connectivity index (χ3v) is 8.56. The van der Waals surface area contributed by atoms with Gasteiger partial charge in [-0.3, -0.25) is 9.59 Å². The lowest BCUT2D eigenvalue weighted by atomic mass is 9.83. The van der Waals surface area contributed by atoms with Crippen LogP contribution in [0, 0.1) is 5.92 Å². The summed E-state index contributed by atoms with van der Waals surface area (Å²) in [5.74, 6) is 0.0682. The summed E-state index contributed by atoms with van der Waals surface area (Å²) in [6.07, 6.45) is 7.13. The summed E-state index contributed by atoms with van der Waals surface area (Å²) < 4.78 is 0. The number of amides is 2. The van der Waals surface area contributed by atoms with E-state index in [1.807, 2.05) is 23.3 Å². The molecule has 1 aliphatic carbocycles. The number of carbonyl (C=O) groups excluding carboxylic acids is 2. The molecular formula is C25H32Cl2N4O2S. The molecule has 2 unspecified atom stereocenters. The second kappa shape index (κ2) is 11.4. The van der Waals surface area contributed by atoms with Crippen LogP contribution >= 0.6 is 34.5 Å². The average molecular weight is 524 g/mol. The number of benzene rings is 1. The normalized spacial score (nSPS) is 20.8. The first-order chi connectivity index (χ1) is 16.4. The van der Waals surface area contributed by atoms with Gasteiger partial charge in [0.2, 0.25) is 11.8 Å². The van der Waals surface area contributed by atoms with Crippen molar-refractivity contribution in [2.75, 3.05) is 13.6 Å². The summed E-state index contributed by atoms with van der Waals surface area (Å²) in [6.45, 7) is 2.50. The molecule has 2 N–H and O–H groups in total. The Hall–Kier alpha value is -1.67. The molecule has 1 aromatic carbocycles. The van der Waals surface area contributed by atoms with E-state index >= 15 is 0 Å². The third kappa shape index (κ3) is 5.59. The molecule has 2 amide bonds. The number of hydrogen-bond donors (Lipinski definition) is 2. The molecule has 1 saturated heterocycles. The summed E-state index contributed by atoms with van der Waals surface area (Å²) in [5.41, 5.74) is 1.62. The Morgan fingerprint density at radius 3 is 2.62 bits per heavy atom. The van der Waals surface area contributed by atoms with Crippen LogP contribution in [0.2, 0.25) is 10.0 Å². The van der Waals surface area contributed by atoms with Crippen molar-refractivity contribution in [3.05, 3.63) is 38.6 Å². The van der Waals surface area contributed by atoms with E-state index in [1.54, 1.807) is 30.5 Å². The minimum Gasteiger partial charge on any atom is -0.343 e. The highest BCUT2D eigenvalue weighted by Crippen LogP contribution is 2.39. The first kappa shape index (κ1) is 25.4. The van der Waals surface area contributed by atoms with Crippen molar-refractivity contribution in [1.29, 1.82) is 0 Å². The molecule has 3 atom stereocenters. The van der Waals surface area contributed by atoms with Gasteiger partial charge in [0.25, 0.3) is 0 Å². The molecule has 184 valence electrons. The van der Waals surface area contributed by atoms with Gasteiger partial charge < -0.3 is 15.5 Å². The fourth-order valence-electron chi connectivity index (χ4n) is 4.99. The van der Waals surface area contributed by atoms with Crippen LogP contribution in [0.3, 0.4) is 0 Å². The van der Waals surface area contributed by atoms with Crippen LogP contribution in [-0.2, 0) is 9.59 Å². The van der Waals surface area contributed by atoms with Crippen molar-refractivity contribution in [2.45, 2.75) is 70.0 Å². The number of nitrogens with one attached hydrogen (secondary N) is 2. The van der Waals surface area contributed by atoms with Crippen molar-refractivity contribution in [3.8, 4) is 11.3 Å². The highest BCUT2D eigenvalue weighted by atomic mass is 35.5. The molecule has 2 aromatic rings.